The van der Waals surface area contributed by atoms with Crippen LogP contribution in [0, 0.1) is 5.82 Å². The summed E-state index contributed by atoms with van der Waals surface area (Å²) in [6, 6.07) is 19.3. The second-order valence-electron chi connectivity index (χ2n) is 9.27. The first-order valence-electron chi connectivity index (χ1n) is 11.5. The predicted octanol–water partition coefficient (Wildman–Crippen LogP) is 5.16. The fourth-order valence-electron chi connectivity index (χ4n) is 4.93. The van der Waals surface area contributed by atoms with E-state index in [-0.39, 0.29) is 23.2 Å². The third-order valence-electron chi connectivity index (χ3n) is 6.98. The van der Waals surface area contributed by atoms with Gasteiger partial charge in [0.15, 0.2) is 0 Å². The van der Waals surface area contributed by atoms with E-state index in [0.29, 0.717) is 17.7 Å². The molecular formula is C28H27FN2O3. The number of carbonyl (C=O) groups is 2. The minimum absolute atomic E-state index is 0.126. The van der Waals surface area contributed by atoms with Crippen LogP contribution in [-0.4, -0.2) is 25.5 Å². The van der Waals surface area contributed by atoms with Crippen LogP contribution >= 0.6 is 0 Å². The smallest absolute Gasteiger partial charge is 0.337 e. The van der Waals surface area contributed by atoms with Crippen LogP contribution in [0.5, 0.6) is 0 Å². The van der Waals surface area contributed by atoms with E-state index in [1.54, 1.807) is 24.3 Å². The highest BCUT2D eigenvalue weighted by molar-refractivity contribution is 6.01. The number of para-hydroxylation sites is 1. The van der Waals surface area contributed by atoms with E-state index < -0.39 is 5.97 Å². The monoisotopic (exact) mass is 458 g/mol. The average Bonchev–Trinajstić information content (AvgIpc) is 3.57. The van der Waals surface area contributed by atoms with Crippen molar-refractivity contribution in [3.05, 3.63) is 100 Å². The summed E-state index contributed by atoms with van der Waals surface area (Å²) in [6.07, 6.45) is 2.24. The summed E-state index contributed by atoms with van der Waals surface area (Å²) < 4.78 is 18.1. The van der Waals surface area contributed by atoms with Crippen molar-refractivity contribution in [2.75, 3.05) is 18.6 Å². The number of hydrogen-bond acceptors (Lipinski definition) is 4. The summed E-state index contributed by atoms with van der Waals surface area (Å²) >= 11 is 0. The van der Waals surface area contributed by atoms with Crippen molar-refractivity contribution in [3.63, 3.8) is 0 Å². The molecule has 1 aliphatic heterocycles. The number of fused-ring (bicyclic) bond motifs is 2. The molecule has 174 valence electrons. The molecule has 0 bridgehead atoms. The highest BCUT2D eigenvalue weighted by atomic mass is 19.1. The molecule has 0 aromatic heterocycles. The van der Waals surface area contributed by atoms with Gasteiger partial charge in [-0.25, -0.2) is 9.18 Å². The van der Waals surface area contributed by atoms with E-state index in [1.807, 2.05) is 31.2 Å². The number of halogens is 1. The quantitative estimate of drug-likeness (QED) is 0.519. The van der Waals surface area contributed by atoms with E-state index in [1.165, 1.54) is 24.8 Å². The molecule has 1 atom stereocenters. The van der Waals surface area contributed by atoms with Gasteiger partial charge in [-0.1, -0.05) is 36.4 Å². The maximum absolute atomic E-state index is 13.4. The van der Waals surface area contributed by atoms with Gasteiger partial charge in [0.2, 0.25) is 0 Å². The number of benzene rings is 3. The first kappa shape index (κ1) is 22.1. The molecule has 3 aromatic carbocycles. The molecule has 0 saturated heterocycles. The Morgan fingerprint density at radius 1 is 1.06 bits per heavy atom. The summed E-state index contributed by atoms with van der Waals surface area (Å²) in [5, 5.41) is 3.11. The molecule has 1 aliphatic carbocycles. The lowest BCUT2D eigenvalue weighted by Gasteiger charge is -2.23. The molecular weight excluding hydrogens is 431 g/mol. The van der Waals surface area contributed by atoms with Crippen molar-refractivity contribution < 1.29 is 18.7 Å². The SMILES string of the molecule is COC(=O)c1ccc([C@H](C)NC(=O)c2cccc3c2N(Cc2ccc(F)cc2)CC32CC2)cc1. The lowest BCUT2D eigenvalue weighted by molar-refractivity contribution is 0.0600. The van der Waals surface area contributed by atoms with E-state index in [9.17, 15) is 14.0 Å². The van der Waals surface area contributed by atoms with Crippen LogP contribution in [0.4, 0.5) is 10.1 Å². The maximum atomic E-state index is 13.4. The molecule has 1 fully saturated rings. The van der Waals surface area contributed by atoms with Crippen molar-refractivity contribution >= 4 is 17.6 Å². The van der Waals surface area contributed by atoms with Gasteiger partial charge in [0, 0.05) is 18.5 Å². The fourth-order valence-corrected chi connectivity index (χ4v) is 4.93. The van der Waals surface area contributed by atoms with Gasteiger partial charge < -0.3 is 15.0 Å². The summed E-state index contributed by atoms with van der Waals surface area (Å²) in [7, 11) is 1.35. The fraction of sp³-hybridized carbons (Fsp3) is 0.286. The molecule has 1 amide bonds. The van der Waals surface area contributed by atoms with Crippen molar-refractivity contribution in [2.45, 2.75) is 37.8 Å². The van der Waals surface area contributed by atoms with Gasteiger partial charge in [-0.2, -0.15) is 0 Å². The van der Waals surface area contributed by atoms with Gasteiger partial charge in [-0.05, 0) is 66.8 Å². The number of nitrogens with zero attached hydrogens (tertiary/aromatic N) is 1. The third kappa shape index (κ3) is 4.04. The summed E-state index contributed by atoms with van der Waals surface area (Å²) in [6.45, 7) is 3.42. The first-order valence-corrected chi connectivity index (χ1v) is 11.5. The molecule has 0 radical (unpaired) electrons. The van der Waals surface area contributed by atoms with Crippen LogP contribution in [0.25, 0.3) is 0 Å². The number of amides is 1. The van der Waals surface area contributed by atoms with E-state index in [2.05, 4.69) is 16.3 Å². The van der Waals surface area contributed by atoms with Gasteiger partial charge in [0.1, 0.15) is 5.82 Å². The number of hydrogen-bond donors (Lipinski definition) is 1. The topological polar surface area (TPSA) is 58.6 Å². The Morgan fingerprint density at radius 3 is 2.41 bits per heavy atom. The van der Waals surface area contributed by atoms with Crippen molar-refractivity contribution in [1.82, 2.24) is 5.32 Å². The zero-order valence-electron chi connectivity index (χ0n) is 19.3. The standard InChI is InChI=1S/C28H27FN2O3/c1-18(20-8-10-21(11-9-20)27(33)34-2)30-26(32)23-4-3-5-24-25(23)31(17-28(24)14-15-28)16-19-6-12-22(29)13-7-19/h3-13,18H,14-17H2,1-2H3,(H,30,32)/t18-/m0/s1. The van der Waals surface area contributed by atoms with Gasteiger partial charge in [0.25, 0.3) is 5.91 Å². The number of ether oxygens (including phenoxy) is 1. The zero-order chi connectivity index (χ0) is 23.9. The summed E-state index contributed by atoms with van der Waals surface area (Å²) in [5.41, 5.74) is 5.38. The first-order chi connectivity index (χ1) is 16.4. The lowest BCUT2D eigenvalue weighted by Crippen LogP contribution is -2.29. The van der Waals surface area contributed by atoms with E-state index in [0.717, 1.165) is 36.2 Å². The molecule has 0 unspecified atom stereocenters. The highest BCUT2D eigenvalue weighted by Crippen LogP contribution is 2.57. The highest BCUT2D eigenvalue weighted by Gasteiger charge is 2.52. The zero-order valence-corrected chi connectivity index (χ0v) is 19.3. The van der Waals surface area contributed by atoms with E-state index in [4.69, 9.17) is 4.74 Å². The van der Waals surface area contributed by atoms with Crippen molar-refractivity contribution in [1.29, 1.82) is 0 Å². The van der Waals surface area contributed by atoms with Crippen molar-refractivity contribution in [3.8, 4) is 0 Å². The second-order valence-corrected chi connectivity index (χ2v) is 9.27. The molecule has 6 heteroatoms. The van der Waals surface area contributed by atoms with Crippen LogP contribution in [-0.2, 0) is 16.7 Å². The predicted molar refractivity (Wildman–Crippen MR) is 128 cm³/mol. The van der Waals surface area contributed by atoms with Gasteiger partial charge in [0.05, 0.1) is 30.0 Å². The average molecular weight is 459 g/mol. The van der Waals surface area contributed by atoms with Crippen LogP contribution < -0.4 is 10.2 Å². The maximum Gasteiger partial charge on any atom is 0.337 e. The molecule has 34 heavy (non-hydrogen) atoms. The van der Waals surface area contributed by atoms with Crippen LogP contribution in [0.1, 0.15) is 63.2 Å². The Hall–Kier alpha value is -3.67. The molecule has 1 N–H and O–H groups in total. The van der Waals surface area contributed by atoms with Gasteiger partial charge in [-0.3, -0.25) is 4.79 Å². The Kier molecular flexibility index (Phi) is 5.60. The Balaban J connectivity index is 1.39. The minimum Gasteiger partial charge on any atom is -0.465 e. The Morgan fingerprint density at radius 2 is 1.76 bits per heavy atom. The van der Waals surface area contributed by atoms with Crippen LogP contribution in [0.3, 0.4) is 0 Å². The molecule has 2 aliphatic rings. The molecule has 5 nitrogen and oxygen atoms in total. The molecule has 5 rings (SSSR count). The number of nitrogens with one attached hydrogen (secondary N) is 1. The Bertz CT molecular complexity index is 1230. The van der Waals surface area contributed by atoms with Crippen LogP contribution in [0.15, 0.2) is 66.7 Å². The molecule has 1 heterocycles. The minimum atomic E-state index is -0.390. The van der Waals surface area contributed by atoms with E-state index >= 15 is 0 Å². The third-order valence-corrected chi connectivity index (χ3v) is 6.98. The number of esters is 1. The largest absolute Gasteiger partial charge is 0.465 e. The Labute approximate surface area is 198 Å². The summed E-state index contributed by atoms with van der Waals surface area (Å²) in [4.78, 5) is 27.4. The second kappa shape index (κ2) is 8.60. The number of anilines is 1. The lowest BCUT2D eigenvalue weighted by atomic mass is 9.96. The van der Waals surface area contributed by atoms with Crippen LogP contribution in [0.2, 0.25) is 0 Å². The normalized spacial score (nSPS) is 16.1. The molecule has 1 spiro atoms. The number of methoxy groups -OCH3 is 1. The molecule has 1 saturated carbocycles. The van der Waals surface area contributed by atoms with Crippen molar-refractivity contribution in [2.24, 2.45) is 0 Å². The summed E-state index contributed by atoms with van der Waals surface area (Å²) in [5.74, 6) is -0.778. The molecule has 3 aromatic rings. The van der Waals surface area contributed by atoms with Gasteiger partial charge >= 0.3 is 5.97 Å². The number of rotatable bonds is 6. The number of carbonyl (C=O) groups excluding carboxylic acids is 2. The van der Waals surface area contributed by atoms with Gasteiger partial charge in [-0.15, -0.1) is 0 Å².